The van der Waals surface area contributed by atoms with E-state index < -0.39 is 0 Å². The molecule has 2 nitrogen and oxygen atoms in total. The lowest BCUT2D eigenvalue weighted by Crippen LogP contribution is -1.97. The van der Waals surface area contributed by atoms with Crippen LogP contribution in [-0.4, -0.2) is 11.7 Å². The first-order valence-corrected chi connectivity index (χ1v) is 4.26. The molecular weight excluding hydrogens is 150 g/mol. The minimum absolute atomic E-state index is 0.374. The van der Waals surface area contributed by atoms with Crippen LogP contribution in [-0.2, 0) is 0 Å². The maximum absolute atomic E-state index is 9.22. The summed E-state index contributed by atoms with van der Waals surface area (Å²) >= 11 is 0. The van der Waals surface area contributed by atoms with Crippen LogP contribution in [0, 0.1) is 0 Å². The van der Waals surface area contributed by atoms with Crippen molar-refractivity contribution in [2.45, 2.75) is 20.0 Å². The third-order valence-electron chi connectivity index (χ3n) is 1.77. The van der Waals surface area contributed by atoms with Gasteiger partial charge in [-0.25, -0.2) is 0 Å². The minimum atomic E-state index is -0.374. The second kappa shape index (κ2) is 4.12. The van der Waals surface area contributed by atoms with Gasteiger partial charge in [-0.1, -0.05) is 12.1 Å². The standard InChI is InChI=1S/C10H15NO/c1-3-11-10-6-4-9(5-7-10)8(2)12/h4-8,11-12H,3H2,1-2H3. The minimum Gasteiger partial charge on any atom is -0.389 e. The maximum Gasteiger partial charge on any atom is 0.0761 e. The Morgan fingerprint density at radius 1 is 1.33 bits per heavy atom. The van der Waals surface area contributed by atoms with Gasteiger partial charge in [-0.05, 0) is 31.5 Å². The molecule has 0 saturated carbocycles. The third kappa shape index (κ3) is 2.24. The van der Waals surface area contributed by atoms with Gasteiger partial charge in [0.15, 0.2) is 0 Å². The number of aliphatic hydroxyl groups excluding tert-OH is 1. The van der Waals surface area contributed by atoms with Crippen molar-refractivity contribution in [3.8, 4) is 0 Å². The summed E-state index contributed by atoms with van der Waals surface area (Å²) < 4.78 is 0. The first-order chi connectivity index (χ1) is 5.74. The van der Waals surface area contributed by atoms with Crippen molar-refractivity contribution >= 4 is 5.69 Å². The van der Waals surface area contributed by atoms with Gasteiger partial charge in [-0.3, -0.25) is 0 Å². The highest BCUT2D eigenvalue weighted by molar-refractivity contribution is 5.44. The largest absolute Gasteiger partial charge is 0.389 e. The predicted molar refractivity (Wildman–Crippen MR) is 51.2 cm³/mol. The monoisotopic (exact) mass is 165 g/mol. The van der Waals surface area contributed by atoms with Crippen molar-refractivity contribution in [2.75, 3.05) is 11.9 Å². The second-order valence-corrected chi connectivity index (χ2v) is 2.83. The number of benzene rings is 1. The van der Waals surface area contributed by atoms with Crippen LogP contribution in [0.1, 0.15) is 25.5 Å². The molecule has 0 aliphatic rings. The highest BCUT2D eigenvalue weighted by atomic mass is 16.3. The van der Waals surface area contributed by atoms with E-state index in [1.807, 2.05) is 24.3 Å². The zero-order valence-electron chi connectivity index (χ0n) is 7.54. The molecule has 1 aromatic carbocycles. The van der Waals surface area contributed by atoms with Crippen molar-refractivity contribution in [1.82, 2.24) is 0 Å². The molecule has 1 rings (SSSR count). The van der Waals surface area contributed by atoms with E-state index in [0.717, 1.165) is 17.8 Å². The van der Waals surface area contributed by atoms with Crippen LogP contribution >= 0.6 is 0 Å². The Balaban J connectivity index is 2.71. The lowest BCUT2D eigenvalue weighted by Gasteiger charge is -2.06. The van der Waals surface area contributed by atoms with Gasteiger partial charge in [0, 0.05) is 12.2 Å². The summed E-state index contributed by atoms with van der Waals surface area (Å²) in [5, 5.41) is 12.4. The highest BCUT2D eigenvalue weighted by Crippen LogP contribution is 2.14. The first-order valence-electron chi connectivity index (χ1n) is 4.26. The molecule has 0 saturated heterocycles. The number of anilines is 1. The Morgan fingerprint density at radius 2 is 1.92 bits per heavy atom. The van der Waals surface area contributed by atoms with E-state index in [9.17, 15) is 5.11 Å². The molecule has 0 aliphatic heterocycles. The van der Waals surface area contributed by atoms with Crippen LogP contribution in [0.15, 0.2) is 24.3 Å². The topological polar surface area (TPSA) is 32.3 Å². The Morgan fingerprint density at radius 3 is 2.33 bits per heavy atom. The summed E-state index contributed by atoms with van der Waals surface area (Å²) in [6, 6.07) is 7.82. The number of hydrogen-bond donors (Lipinski definition) is 2. The molecular formula is C10H15NO. The Kier molecular flexibility index (Phi) is 3.11. The first kappa shape index (κ1) is 9.07. The zero-order chi connectivity index (χ0) is 8.97. The van der Waals surface area contributed by atoms with Crippen molar-refractivity contribution in [1.29, 1.82) is 0 Å². The lowest BCUT2D eigenvalue weighted by molar-refractivity contribution is 0.199. The Hall–Kier alpha value is -1.02. The molecule has 0 aliphatic carbocycles. The number of nitrogens with one attached hydrogen (secondary N) is 1. The van der Waals surface area contributed by atoms with Gasteiger partial charge in [0.25, 0.3) is 0 Å². The second-order valence-electron chi connectivity index (χ2n) is 2.83. The summed E-state index contributed by atoms with van der Waals surface area (Å²) in [7, 11) is 0. The van der Waals surface area contributed by atoms with E-state index in [2.05, 4.69) is 12.2 Å². The molecule has 1 atom stereocenters. The van der Waals surface area contributed by atoms with E-state index in [1.54, 1.807) is 6.92 Å². The summed E-state index contributed by atoms with van der Waals surface area (Å²) in [5.74, 6) is 0. The van der Waals surface area contributed by atoms with Crippen molar-refractivity contribution < 1.29 is 5.11 Å². The van der Waals surface area contributed by atoms with Crippen molar-refractivity contribution in [3.05, 3.63) is 29.8 Å². The normalized spacial score (nSPS) is 12.6. The third-order valence-corrected chi connectivity index (χ3v) is 1.77. The zero-order valence-corrected chi connectivity index (χ0v) is 7.54. The van der Waals surface area contributed by atoms with Crippen LogP contribution < -0.4 is 5.32 Å². The Labute approximate surface area is 73.2 Å². The summed E-state index contributed by atoms with van der Waals surface area (Å²) in [4.78, 5) is 0. The van der Waals surface area contributed by atoms with Crippen LogP contribution in [0.4, 0.5) is 5.69 Å². The predicted octanol–water partition coefficient (Wildman–Crippen LogP) is 2.17. The smallest absolute Gasteiger partial charge is 0.0761 e. The van der Waals surface area contributed by atoms with Gasteiger partial charge in [0.2, 0.25) is 0 Å². The van der Waals surface area contributed by atoms with Crippen LogP contribution in [0.3, 0.4) is 0 Å². The molecule has 1 aromatic rings. The van der Waals surface area contributed by atoms with Gasteiger partial charge in [-0.2, -0.15) is 0 Å². The van der Waals surface area contributed by atoms with Gasteiger partial charge in [0.1, 0.15) is 0 Å². The number of aliphatic hydroxyl groups is 1. The Bertz CT molecular complexity index is 228. The lowest BCUT2D eigenvalue weighted by atomic mass is 10.1. The van der Waals surface area contributed by atoms with E-state index in [0.29, 0.717) is 0 Å². The summed E-state index contributed by atoms with van der Waals surface area (Å²) in [6.45, 7) is 4.75. The molecule has 0 radical (unpaired) electrons. The molecule has 0 spiro atoms. The number of rotatable bonds is 3. The quantitative estimate of drug-likeness (QED) is 0.719. The molecule has 2 N–H and O–H groups in total. The average Bonchev–Trinajstić information content (AvgIpc) is 2.06. The van der Waals surface area contributed by atoms with E-state index in [4.69, 9.17) is 0 Å². The molecule has 0 amide bonds. The molecule has 0 fully saturated rings. The van der Waals surface area contributed by atoms with Gasteiger partial charge in [-0.15, -0.1) is 0 Å². The van der Waals surface area contributed by atoms with E-state index in [1.165, 1.54) is 0 Å². The maximum atomic E-state index is 9.22. The summed E-state index contributed by atoms with van der Waals surface area (Å²) in [6.07, 6.45) is -0.374. The molecule has 0 aromatic heterocycles. The van der Waals surface area contributed by atoms with Gasteiger partial charge < -0.3 is 10.4 Å². The van der Waals surface area contributed by atoms with Crippen LogP contribution in [0.25, 0.3) is 0 Å². The van der Waals surface area contributed by atoms with E-state index >= 15 is 0 Å². The van der Waals surface area contributed by atoms with Crippen molar-refractivity contribution in [2.24, 2.45) is 0 Å². The molecule has 66 valence electrons. The van der Waals surface area contributed by atoms with Crippen molar-refractivity contribution in [3.63, 3.8) is 0 Å². The van der Waals surface area contributed by atoms with E-state index in [-0.39, 0.29) is 6.10 Å². The van der Waals surface area contributed by atoms with Gasteiger partial charge >= 0.3 is 0 Å². The number of hydrogen-bond acceptors (Lipinski definition) is 2. The molecule has 1 unspecified atom stereocenters. The molecule has 2 heteroatoms. The van der Waals surface area contributed by atoms with Crippen LogP contribution in [0.2, 0.25) is 0 Å². The van der Waals surface area contributed by atoms with Gasteiger partial charge in [0.05, 0.1) is 6.10 Å². The fraction of sp³-hybridized carbons (Fsp3) is 0.400. The molecule has 12 heavy (non-hydrogen) atoms. The fourth-order valence-electron chi connectivity index (χ4n) is 1.08. The highest BCUT2D eigenvalue weighted by Gasteiger charge is 1.98. The SMILES string of the molecule is CCNc1ccc(C(C)O)cc1. The molecule has 0 heterocycles. The summed E-state index contributed by atoms with van der Waals surface area (Å²) in [5.41, 5.74) is 2.05. The van der Waals surface area contributed by atoms with Crippen LogP contribution in [0.5, 0.6) is 0 Å². The average molecular weight is 165 g/mol. The molecule has 0 bridgehead atoms. The fourth-order valence-corrected chi connectivity index (χ4v) is 1.08.